The summed E-state index contributed by atoms with van der Waals surface area (Å²) in [6, 6.07) is 13.6. The molecular weight excluding hydrogens is 410 g/mol. The van der Waals surface area contributed by atoms with Crippen LogP contribution < -0.4 is 0 Å². The first kappa shape index (κ1) is 19.6. The normalized spacial score (nSPS) is 18.4. The first-order valence-corrected chi connectivity index (χ1v) is 10.8. The molecule has 1 aromatic carbocycles. The summed E-state index contributed by atoms with van der Waals surface area (Å²) < 4.78 is 5.59. The maximum atomic E-state index is 13.4. The topological polar surface area (TPSA) is 84.0 Å². The molecule has 4 heterocycles. The number of thiazole rings is 1. The summed E-state index contributed by atoms with van der Waals surface area (Å²) in [6.07, 6.45) is 7.62. The number of likely N-dealkylation sites (tertiary alicyclic amines) is 1. The van der Waals surface area contributed by atoms with Gasteiger partial charge in [0, 0.05) is 43.6 Å². The molecule has 31 heavy (non-hydrogen) atoms. The Kier molecular flexibility index (Phi) is 5.31. The number of imidazole rings is 1. The minimum atomic E-state index is -0.190. The van der Waals surface area contributed by atoms with Gasteiger partial charge in [-0.05, 0) is 12.1 Å². The van der Waals surface area contributed by atoms with Crippen molar-refractivity contribution >= 4 is 17.2 Å². The molecule has 0 bridgehead atoms. The van der Waals surface area contributed by atoms with Crippen molar-refractivity contribution in [3.63, 3.8) is 0 Å². The number of nitrogens with one attached hydrogen (secondary N) is 1. The number of amides is 1. The van der Waals surface area contributed by atoms with E-state index in [2.05, 4.69) is 19.9 Å². The van der Waals surface area contributed by atoms with Gasteiger partial charge in [0.05, 0.1) is 30.2 Å². The number of carbonyl (C=O) groups is 1. The number of aromatic amines is 1. The Balaban J connectivity index is 1.42. The monoisotopic (exact) mass is 431 g/mol. The summed E-state index contributed by atoms with van der Waals surface area (Å²) in [6.45, 7) is 0.515. The molecule has 1 aliphatic heterocycles. The van der Waals surface area contributed by atoms with Gasteiger partial charge in [-0.1, -0.05) is 30.3 Å². The van der Waals surface area contributed by atoms with Crippen LogP contribution in [0.3, 0.4) is 0 Å². The second-order valence-electron chi connectivity index (χ2n) is 7.39. The predicted molar refractivity (Wildman–Crippen MR) is 119 cm³/mol. The molecular formula is C23H21N5O2S. The number of ether oxygens (including phenoxy) is 1. The number of nitrogens with zero attached hydrogens (tertiary/aromatic N) is 4. The standard InChI is InChI=1S/C23H21N5O2S/c1-30-17-10-19(21-25-12-18(27-21)16-8-5-9-24-11-16)28(14-17)23(29)20-13-26-22(31-20)15-6-3-2-4-7-15/h2-9,11-13,17,19H,10,14H2,1H3,(H,25,27)/t17-,19-/m1/s1. The summed E-state index contributed by atoms with van der Waals surface area (Å²) in [5, 5.41) is 0.833. The van der Waals surface area contributed by atoms with Gasteiger partial charge in [-0.3, -0.25) is 9.78 Å². The fourth-order valence-corrected chi connectivity index (χ4v) is 4.73. The van der Waals surface area contributed by atoms with Crippen molar-refractivity contribution < 1.29 is 9.53 Å². The van der Waals surface area contributed by atoms with Gasteiger partial charge in [-0.15, -0.1) is 11.3 Å². The molecule has 0 aliphatic carbocycles. The highest BCUT2D eigenvalue weighted by Gasteiger charge is 2.39. The van der Waals surface area contributed by atoms with E-state index < -0.39 is 0 Å². The smallest absolute Gasteiger partial charge is 0.266 e. The molecule has 156 valence electrons. The molecule has 4 aromatic rings. The lowest BCUT2D eigenvalue weighted by Gasteiger charge is -2.22. The number of rotatable bonds is 5. The molecule has 1 amide bonds. The van der Waals surface area contributed by atoms with Gasteiger partial charge >= 0.3 is 0 Å². The third-order valence-electron chi connectivity index (χ3n) is 5.48. The highest BCUT2D eigenvalue weighted by molar-refractivity contribution is 7.16. The van der Waals surface area contributed by atoms with Crippen LogP contribution in [0.15, 0.2) is 67.3 Å². The quantitative estimate of drug-likeness (QED) is 0.512. The number of hydrogen-bond acceptors (Lipinski definition) is 6. The molecule has 1 N–H and O–H groups in total. The van der Waals surface area contributed by atoms with Crippen molar-refractivity contribution in [2.45, 2.75) is 18.6 Å². The molecule has 1 saturated heterocycles. The lowest BCUT2D eigenvalue weighted by molar-refractivity contribution is 0.0689. The molecule has 0 unspecified atom stereocenters. The van der Waals surface area contributed by atoms with Crippen LogP contribution in [0.2, 0.25) is 0 Å². The lowest BCUT2D eigenvalue weighted by atomic mass is 10.2. The zero-order chi connectivity index (χ0) is 21.2. The zero-order valence-corrected chi connectivity index (χ0v) is 17.7. The third-order valence-corrected chi connectivity index (χ3v) is 6.51. The Morgan fingerprint density at radius 1 is 1.10 bits per heavy atom. The Morgan fingerprint density at radius 2 is 1.94 bits per heavy atom. The van der Waals surface area contributed by atoms with Gasteiger partial charge in [0.25, 0.3) is 5.91 Å². The van der Waals surface area contributed by atoms with Crippen molar-refractivity contribution in [3.8, 4) is 21.8 Å². The SMILES string of the molecule is CO[C@@H]1C[C@H](c2ncc(-c3cccnc3)[nH]2)N(C(=O)c2cnc(-c3ccccc3)s2)C1. The van der Waals surface area contributed by atoms with E-state index in [0.29, 0.717) is 17.8 Å². The Hall–Kier alpha value is -3.36. The van der Waals surface area contributed by atoms with Crippen molar-refractivity contribution in [1.29, 1.82) is 0 Å². The van der Waals surface area contributed by atoms with Crippen molar-refractivity contribution in [3.05, 3.63) is 78.0 Å². The minimum absolute atomic E-state index is 0.0394. The largest absolute Gasteiger partial charge is 0.380 e. The van der Waals surface area contributed by atoms with Crippen LogP contribution in [0, 0.1) is 0 Å². The molecule has 8 heteroatoms. The number of benzene rings is 1. The van der Waals surface area contributed by atoms with E-state index in [4.69, 9.17) is 4.74 Å². The molecule has 1 aliphatic rings. The number of aromatic nitrogens is 4. The lowest BCUT2D eigenvalue weighted by Crippen LogP contribution is -2.32. The van der Waals surface area contributed by atoms with Crippen LogP contribution >= 0.6 is 11.3 Å². The minimum Gasteiger partial charge on any atom is -0.380 e. The number of carbonyl (C=O) groups excluding carboxylic acids is 1. The van der Waals surface area contributed by atoms with Crippen LogP contribution in [0.25, 0.3) is 21.8 Å². The Morgan fingerprint density at radius 3 is 2.71 bits per heavy atom. The average molecular weight is 432 g/mol. The first-order valence-electron chi connectivity index (χ1n) is 10.0. The number of H-pyrrole nitrogens is 1. The van der Waals surface area contributed by atoms with E-state index in [9.17, 15) is 4.79 Å². The van der Waals surface area contributed by atoms with Crippen LogP contribution in [-0.4, -0.2) is 50.5 Å². The van der Waals surface area contributed by atoms with Crippen LogP contribution in [-0.2, 0) is 4.74 Å². The van der Waals surface area contributed by atoms with Gasteiger partial charge in [0.1, 0.15) is 15.7 Å². The van der Waals surface area contributed by atoms with Gasteiger partial charge in [0.15, 0.2) is 0 Å². The van der Waals surface area contributed by atoms with Gasteiger partial charge < -0.3 is 14.6 Å². The van der Waals surface area contributed by atoms with Crippen LogP contribution in [0.4, 0.5) is 0 Å². The fourth-order valence-electron chi connectivity index (χ4n) is 3.86. The van der Waals surface area contributed by atoms with E-state index in [-0.39, 0.29) is 18.1 Å². The molecule has 5 rings (SSSR count). The highest BCUT2D eigenvalue weighted by atomic mass is 32.1. The second-order valence-corrected chi connectivity index (χ2v) is 8.42. The molecule has 2 atom stereocenters. The van der Waals surface area contributed by atoms with Crippen molar-refractivity contribution in [2.75, 3.05) is 13.7 Å². The molecule has 3 aromatic heterocycles. The second kappa shape index (κ2) is 8.41. The van der Waals surface area contributed by atoms with Gasteiger partial charge in [-0.2, -0.15) is 0 Å². The van der Waals surface area contributed by atoms with E-state index >= 15 is 0 Å². The summed E-state index contributed by atoms with van der Waals surface area (Å²) in [4.78, 5) is 32.4. The van der Waals surface area contributed by atoms with Crippen LogP contribution in [0.1, 0.15) is 28.0 Å². The fraction of sp³-hybridized carbons (Fsp3) is 0.217. The number of pyridine rings is 1. The van der Waals surface area contributed by atoms with Gasteiger partial charge in [-0.25, -0.2) is 9.97 Å². The third kappa shape index (κ3) is 3.87. The van der Waals surface area contributed by atoms with E-state index in [1.54, 1.807) is 31.9 Å². The van der Waals surface area contributed by atoms with Crippen LogP contribution in [0.5, 0.6) is 0 Å². The Labute approximate surface area is 183 Å². The number of methoxy groups -OCH3 is 1. The van der Waals surface area contributed by atoms with Gasteiger partial charge in [0.2, 0.25) is 0 Å². The zero-order valence-electron chi connectivity index (χ0n) is 16.9. The highest BCUT2D eigenvalue weighted by Crippen LogP contribution is 2.35. The molecule has 1 fully saturated rings. The number of hydrogen-bond donors (Lipinski definition) is 1. The van der Waals surface area contributed by atoms with Crippen molar-refractivity contribution in [2.24, 2.45) is 0 Å². The van der Waals surface area contributed by atoms with E-state index in [1.807, 2.05) is 47.4 Å². The maximum absolute atomic E-state index is 13.4. The Bertz CT molecular complexity index is 1170. The summed E-state index contributed by atoms with van der Waals surface area (Å²) in [5.41, 5.74) is 2.84. The predicted octanol–water partition coefficient (Wildman–Crippen LogP) is 4.20. The molecule has 7 nitrogen and oxygen atoms in total. The van der Waals surface area contributed by atoms with Crippen molar-refractivity contribution in [1.82, 2.24) is 24.8 Å². The molecule has 0 saturated carbocycles. The van der Waals surface area contributed by atoms with E-state index in [1.165, 1.54) is 11.3 Å². The average Bonchev–Trinajstić information content (AvgIpc) is 3.59. The summed E-state index contributed by atoms with van der Waals surface area (Å²) >= 11 is 1.41. The maximum Gasteiger partial charge on any atom is 0.266 e. The molecule has 0 radical (unpaired) electrons. The summed E-state index contributed by atoms with van der Waals surface area (Å²) in [5.74, 6) is 0.697. The molecule has 0 spiro atoms. The van der Waals surface area contributed by atoms with E-state index in [0.717, 1.165) is 27.7 Å². The summed E-state index contributed by atoms with van der Waals surface area (Å²) in [7, 11) is 1.68. The first-order chi connectivity index (χ1) is 15.2.